The molecule has 0 aromatic rings. The van der Waals surface area contributed by atoms with E-state index in [-0.39, 0.29) is 18.2 Å². The summed E-state index contributed by atoms with van der Waals surface area (Å²) in [6.07, 6.45) is 0. The first kappa shape index (κ1) is 14.2. The molecule has 0 atom stereocenters. The summed E-state index contributed by atoms with van der Waals surface area (Å²) < 4.78 is 22.6. The van der Waals surface area contributed by atoms with Crippen LogP contribution in [-0.4, -0.2) is 50.0 Å². The molecule has 1 aliphatic rings. The average Bonchev–Trinajstić information content (AvgIpc) is 1.98. The molecule has 0 aromatic heterocycles. The Labute approximate surface area is 92.2 Å². The molecular formula is C8H19ClN2O2S. The summed E-state index contributed by atoms with van der Waals surface area (Å²) in [6.45, 7) is 6.18. The fourth-order valence-electron chi connectivity index (χ4n) is 1.61. The van der Waals surface area contributed by atoms with Gasteiger partial charge in [0.05, 0.1) is 10.5 Å². The summed E-state index contributed by atoms with van der Waals surface area (Å²) in [5.74, 6) is 0.264. The van der Waals surface area contributed by atoms with Gasteiger partial charge in [0.15, 0.2) is 9.84 Å². The standard InChI is InChI=1S/C8H18N2O2S.ClH/c1-8(2)7-10(4-3-9)5-6-13(8,11)12;/h3-7,9H2,1-2H3;1H. The smallest absolute Gasteiger partial charge is 0.157 e. The second-order valence-corrected chi connectivity index (χ2v) is 6.89. The summed E-state index contributed by atoms with van der Waals surface area (Å²) >= 11 is 0. The van der Waals surface area contributed by atoms with Gasteiger partial charge in [0, 0.05) is 26.2 Å². The van der Waals surface area contributed by atoms with Gasteiger partial charge in [0.1, 0.15) is 0 Å². The van der Waals surface area contributed by atoms with E-state index in [4.69, 9.17) is 5.73 Å². The molecule has 86 valence electrons. The van der Waals surface area contributed by atoms with Gasteiger partial charge in [-0.05, 0) is 13.8 Å². The molecule has 0 aliphatic carbocycles. The third-order valence-corrected chi connectivity index (χ3v) is 5.10. The molecule has 1 saturated heterocycles. The van der Waals surface area contributed by atoms with Crippen LogP contribution in [-0.2, 0) is 9.84 Å². The number of halogens is 1. The van der Waals surface area contributed by atoms with Crippen molar-refractivity contribution in [1.29, 1.82) is 0 Å². The van der Waals surface area contributed by atoms with E-state index in [1.54, 1.807) is 13.8 Å². The van der Waals surface area contributed by atoms with Crippen LogP contribution in [0.5, 0.6) is 0 Å². The van der Waals surface area contributed by atoms with Crippen LogP contribution in [0.1, 0.15) is 13.8 Å². The Hall–Kier alpha value is 0.160. The lowest BCUT2D eigenvalue weighted by molar-refractivity contribution is 0.256. The fourth-order valence-corrected chi connectivity index (χ4v) is 3.05. The summed E-state index contributed by atoms with van der Waals surface area (Å²) in [7, 11) is -2.89. The van der Waals surface area contributed by atoms with Crippen molar-refractivity contribution in [3.63, 3.8) is 0 Å². The van der Waals surface area contributed by atoms with Crippen LogP contribution in [0.4, 0.5) is 0 Å². The minimum Gasteiger partial charge on any atom is -0.329 e. The zero-order valence-corrected chi connectivity index (χ0v) is 10.3. The minimum absolute atomic E-state index is 0. The molecule has 0 bridgehead atoms. The maximum Gasteiger partial charge on any atom is 0.157 e. The molecule has 0 amide bonds. The number of nitrogens with two attached hydrogens (primary N) is 1. The molecule has 4 nitrogen and oxygen atoms in total. The van der Waals surface area contributed by atoms with Crippen molar-refractivity contribution in [3.8, 4) is 0 Å². The van der Waals surface area contributed by atoms with Crippen molar-refractivity contribution in [2.45, 2.75) is 18.6 Å². The molecule has 0 spiro atoms. The van der Waals surface area contributed by atoms with Gasteiger partial charge >= 0.3 is 0 Å². The number of hydrogen-bond acceptors (Lipinski definition) is 4. The van der Waals surface area contributed by atoms with Crippen molar-refractivity contribution in [1.82, 2.24) is 4.90 Å². The molecular weight excluding hydrogens is 224 g/mol. The molecule has 1 heterocycles. The zero-order valence-electron chi connectivity index (χ0n) is 8.69. The van der Waals surface area contributed by atoms with Gasteiger partial charge < -0.3 is 5.73 Å². The van der Waals surface area contributed by atoms with Crippen molar-refractivity contribution < 1.29 is 8.42 Å². The Morgan fingerprint density at radius 2 is 2.00 bits per heavy atom. The third-order valence-electron chi connectivity index (χ3n) is 2.57. The molecule has 14 heavy (non-hydrogen) atoms. The second-order valence-electron chi connectivity index (χ2n) is 4.14. The highest BCUT2D eigenvalue weighted by molar-refractivity contribution is 7.92. The Morgan fingerprint density at radius 1 is 1.43 bits per heavy atom. The molecule has 0 aromatic carbocycles. The molecule has 0 radical (unpaired) electrons. The zero-order chi connectivity index (χ0) is 10.1. The van der Waals surface area contributed by atoms with Crippen LogP contribution in [0, 0.1) is 0 Å². The molecule has 0 saturated carbocycles. The predicted molar refractivity (Wildman–Crippen MR) is 60.6 cm³/mol. The summed E-state index contributed by atoms with van der Waals surface area (Å²) in [5.41, 5.74) is 5.42. The van der Waals surface area contributed by atoms with Crippen molar-refractivity contribution in [3.05, 3.63) is 0 Å². The van der Waals surface area contributed by atoms with Crippen molar-refractivity contribution in [2.24, 2.45) is 5.73 Å². The van der Waals surface area contributed by atoms with Gasteiger partial charge in [-0.3, -0.25) is 4.90 Å². The maximum atomic E-state index is 11.6. The van der Waals surface area contributed by atoms with Crippen LogP contribution >= 0.6 is 12.4 Å². The summed E-state index contributed by atoms with van der Waals surface area (Å²) in [5, 5.41) is 0. The highest BCUT2D eigenvalue weighted by Gasteiger charge is 2.39. The highest BCUT2D eigenvalue weighted by atomic mass is 35.5. The van der Waals surface area contributed by atoms with Gasteiger partial charge in [-0.1, -0.05) is 0 Å². The first-order valence-electron chi connectivity index (χ1n) is 4.54. The van der Waals surface area contributed by atoms with Crippen LogP contribution in [0.25, 0.3) is 0 Å². The molecule has 1 aliphatic heterocycles. The lowest BCUT2D eigenvalue weighted by Crippen LogP contribution is -2.53. The first-order chi connectivity index (χ1) is 5.89. The topological polar surface area (TPSA) is 63.4 Å². The number of hydrogen-bond donors (Lipinski definition) is 1. The SMILES string of the molecule is CC1(C)CN(CCN)CCS1(=O)=O.Cl. The molecule has 6 heteroatoms. The summed E-state index contributed by atoms with van der Waals surface area (Å²) in [4.78, 5) is 2.11. The van der Waals surface area contributed by atoms with Gasteiger partial charge in [0.25, 0.3) is 0 Å². The van der Waals surface area contributed by atoms with E-state index >= 15 is 0 Å². The van der Waals surface area contributed by atoms with Crippen molar-refractivity contribution in [2.75, 3.05) is 31.9 Å². The molecule has 0 unspecified atom stereocenters. The number of nitrogens with zero attached hydrogens (tertiary/aromatic N) is 1. The Morgan fingerprint density at radius 3 is 2.43 bits per heavy atom. The van der Waals surface area contributed by atoms with Gasteiger partial charge in [-0.15, -0.1) is 12.4 Å². The van der Waals surface area contributed by atoms with Crippen LogP contribution < -0.4 is 5.73 Å². The van der Waals surface area contributed by atoms with E-state index in [1.807, 2.05) is 0 Å². The van der Waals surface area contributed by atoms with Crippen LogP contribution in [0.2, 0.25) is 0 Å². The van der Waals surface area contributed by atoms with Crippen LogP contribution in [0.15, 0.2) is 0 Å². The first-order valence-corrected chi connectivity index (χ1v) is 6.19. The van der Waals surface area contributed by atoms with Crippen LogP contribution in [0.3, 0.4) is 0 Å². The lowest BCUT2D eigenvalue weighted by Gasteiger charge is -2.37. The number of rotatable bonds is 2. The second kappa shape index (κ2) is 4.79. The van der Waals surface area contributed by atoms with Gasteiger partial charge in [0.2, 0.25) is 0 Å². The fraction of sp³-hybridized carbons (Fsp3) is 1.00. The Balaban J connectivity index is 0.00000169. The van der Waals surface area contributed by atoms with E-state index in [9.17, 15) is 8.42 Å². The predicted octanol–water partition coefficient (Wildman–Crippen LogP) is -0.124. The quantitative estimate of drug-likeness (QED) is 0.733. The molecule has 2 N–H and O–H groups in total. The molecule has 1 rings (SSSR count). The van der Waals surface area contributed by atoms with E-state index in [2.05, 4.69) is 4.90 Å². The average molecular weight is 243 g/mol. The third kappa shape index (κ3) is 2.82. The van der Waals surface area contributed by atoms with Crippen molar-refractivity contribution >= 4 is 22.2 Å². The van der Waals surface area contributed by atoms with Gasteiger partial charge in [-0.25, -0.2) is 8.42 Å². The monoisotopic (exact) mass is 242 g/mol. The van der Waals surface area contributed by atoms with E-state index in [0.29, 0.717) is 19.6 Å². The Bertz CT molecular complexity index is 277. The summed E-state index contributed by atoms with van der Waals surface area (Å²) in [6, 6.07) is 0. The molecule has 1 fully saturated rings. The largest absolute Gasteiger partial charge is 0.329 e. The number of sulfone groups is 1. The Kier molecular flexibility index (Phi) is 4.84. The lowest BCUT2D eigenvalue weighted by atomic mass is 10.2. The van der Waals surface area contributed by atoms with Gasteiger partial charge in [-0.2, -0.15) is 0 Å². The normalized spacial score (nSPS) is 25.4. The maximum absolute atomic E-state index is 11.6. The van der Waals surface area contributed by atoms with E-state index in [1.165, 1.54) is 0 Å². The highest BCUT2D eigenvalue weighted by Crippen LogP contribution is 2.23. The van der Waals surface area contributed by atoms with E-state index < -0.39 is 14.6 Å². The minimum atomic E-state index is -2.89. The van der Waals surface area contributed by atoms with E-state index in [0.717, 1.165) is 6.54 Å².